The summed E-state index contributed by atoms with van der Waals surface area (Å²) >= 11 is 0. The molecule has 1 atom stereocenters. The maximum absolute atomic E-state index is 13.1. The second kappa shape index (κ2) is 4.21. The zero-order valence-electron chi connectivity index (χ0n) is 10.2. The number of hydrogen-bond acceptors (Lipinski definition) is 2. The minimum Gasteiger partial charge on any atom is -0.360 e. The molecule has 0 unspecified atom stereocenters. The van der Waals surface area contributed by atoms with Crippen molar-refractivity contribution in [2.75, 3.05) is 13.6 Å². The Balaban J connectivity index is 2.01. The second-order valence-corrected chi connectivity index (χ2v) is 4.90. The molecule has 1 aromatic heterocycles. The molecule has 0 radical (unpaired) electrons. The van der Waals surface area contributed by atoms with E-state index in [2.05, 4.69) is 9.88 Å². The number of fused-ring (bicyclic) bond motifs is 1. The van der Waals surface area contributed by atoms with Crippen LogP contribution in [0.2, 0.25) is 0 Å². The normalized spacial score (nSPS) is 20.7. The standard InChI is InChI=1S/C14H15FN2O/c1-17-6-2-3-13(17)14(18)11-8-16-12-7-9(15)4-5-10(11)12/h4-5,7-8,13,16H,2-3,6H2,1H3/t13-/m1/s1. The smallest absolute Gasteiger partial charge is 0.182 e. The summed E-state index contributed by atoms with van der Waals surface area (Å²) in [5, 5.41) is 0.807. The Morgan fingerprint density at radius 3 is 3.06 bits per heavy atom. The molecule has 0 bridgehead atoms. The van der Waals surface area contributed by atoms with E-state index in [1.165, 1.54) is 12.1 Å². The van der Waals surface area contributed by atoms with E-state index in [0.717, 1.165) is 24.8 Å². The van der Waals surface area contributed by atoms with Crippen molar-refractivity contribution in [1.29, 1.82) is 0 Å². The van der Waals surface area contributed by atoms with E-state index in [1.807, 2.05) is 7.05 Å². The molecule has 1 aromatic carbocycles. The van der Waals surface area contributed by atoms with Crippen LogP contribution in [0.25, 0.3) is 10.9 Å². The molecule has 1 saturated heterocycles. The van der Waals surface area contributed by atoms with Crippen molar-refractivity contribution in [2.45, 2.75) is 18.9 Å². The Hall–Kier alpha value is -1.68. The number of aromatic nitrogens is 1. The van der Waals surface area contributed by atoms with E-state index in [0.29, 0.717) is 11.1 Å². The fourth-order valence-electron chi connectivity index (χ4n) is 2.72. The molecular formula is C14H15FN2O. The maximum atomic E-state index is 13.1. The van der Waals surface area contributed by atoms with Gasteiger partial charge in [-0.15, -0.1) is 0 Å². The van der Waals surface area contributed by atoms with Crippen molar-refractivity contribution in [3.63, 3.8) is 0 Å². The van der Waals surface area contributed by atoms with Gasteiger partial charge in [-0.05, 0) is 44.6 Å². The molecule has 0 saturated carbocycles. The van der Waals surface area contributed by atoms with Crippen molar-refractivity contribution in [1.82, 2.24) is 9.88 Å². The van der Waals surface area contributed by atoms with Gasteiger partial charge in [-0.3, -0.25) is 9.69 Å². The topological polar surface area (TPSA) is 36.1 Å². The molecule has 94 valence electrons. The summed E-state index contributed by atoms with van der Waals surface area (Å²) in [6.45, 7) is 0.966. The minimum absolute atomic E-state index is 0.0333. The SMILES string of the molecule is CN1CCC[C@@H]1C(=O)c1c[nH]c2cc(F)ccc12. The lowest BCUT2D eigenvalue weighted by Gasteiger charge is -2.17. The number of rotatable bonds is 2. The van der Waals surface area contributed by atoms with Gasteiger partial charge in [0, 0.05) is 22.7 Å². The number of Topliss-reactive ketones (excluding diaryl/α,β-unsaturated/α-hetero) is 1. The highest BCUT2D eigenvalue weighted by atomic mass is 19.1. The lowest BCUT2D eigenvalue weighted by Crippen LogP contribution is -2.32. The molecule has 1 aliphatic rings. The summed E-state index contributed by atoms with van der Waals surface area (Å²) in [6, 6.07) is 4.45. The second-order valence-electron chi connectivity index (χ2n) is 4.90. The zero-order valence-corrected chi connectivity index (χ0v) is 10.2. The molecule has 3 rings (SSSR count). The molecule has 2 aromatic rings. The molecule has 1 N–H and O–H groups in total. The third-order valence-electron chi connectivity index (χ3n) is 3.73. The first kappa shape index (κ1) is 11.4. The van der Waals surface area contributed by atoms with Crippen molar-refractivity contribution >= 4 is 16.7 Å². The predicted molar refractivity (Wildman–Crippen MR) is 68.2 cm³/mol. The molecule has 2 heterocycles. The minimum atomic E-state index is -0.290. The van der Waals surface area contributed by atoms with Gasteiger partial charge in [-0.25, -0.2) is 4.39 Å². The van der Waals surface area contributed by atoms with Crippen LogP contribution in [-0.2, 0) is 0 Å². The number of ketones is 1. The molecular weight excluding hydrogens is 231 g/mol. The average Bonchev–Trinajstić information content (AvgIpc) is 2.94. The van der Waals surface area contributed by atoms with Crippen LogP contribution in [0.5, 0.6) is 0 Å². The van der Waals surface area contributed by atoms with Crippen LogP contribution >= 0.6 is 0 Å². The summed E-state index contributed by atoms with van der Waals surface area (Å²) < 4.78 is 13.1. The number of hydrogen-bond donors (Lipinski definition) is 1. The van der Waals surface area contributed by atoms with Gasteiger partial charge >= 0.3 is 0 Å². The number of halogens is 1. The highest BCUT2D eigenvalue weighted by molar-refractivity contribution is 6.10. The van der Waals surface area contributed by atoms with E-state index < -0.39 is 0 Å². The number of carbonyl (C=O) groups is 1. The van der Waals surface area contributed by atoms with Crippen molar-refractivity contribution < 1.29 is 9.18 Å². The highest BCUT2D eigenvalue weighted by Gasteiger charge is 2.29. The third-order valence-corrected chi connectivity index (χ3v) is 3.73. The predicted octanol–water partition coefficient (Wildman–Crippen LogP) is 2.58. The number of likely N-dealkylation sites (tertiary alicyclic amines) is 1. The Bertz CT molecular complexity index is 605. The summed E-state index contributed by atoms with van der Waals surface area (Å²) in [7, 11) is 1.98. The van der Waals surface area contributed by atoms with E-state index in [4.69, 9.17) is 0 Å². The molecule has 0 aliphatic carbocycles. The van der Waals surface area contributed by atoms with E-state index in [1.54, 1.807) is 12.3 Å². The van der Waals surface area contributed by atoms with Gasteiger partial charge in [0.05, 0.1) is 6.04 Å². The van der Waals surface area contributed by atoms with Gasteiger partial charge in [-0.1, -0.05) is 0 Å². The first-order chi connectivity index (χ1) is 8.66. The first-order valence-corrected chi connectivity index (χ1v) is 6.18. The Labute approximate surface area is 105 Å². The number of benzene rings is 1. The number of nitrogens with one attached hydrogen (secondary N) is 1. The summed E-state index contributed by atoms with van der Waals surface area (Å²) in [5.74, 6) is -0.158. The van der Waals surface area contributed by atoms with E-state index in [-0.39, 0.29) is 17.6 Å². The number of likely N-dealkylation sites (N-methyl/N-ethyl adjacent to an activating group) is 1. The lowest BCUT2D eigenvalue weighted by atomic mass is 10.0. The molecule has 18 heavy (non-hydrogen) atoms. The Morgan fingerprint density at radius 1 is 1.50 bits per heavy atom. The van der Waals surface area contributed by atoms with Crippen LogP contribution in [-0.4, -0.2) is 35.3 Å². The summed E-state index contributed by atoms with van der Waals surface area (Å²) in [5.41, 5.74) is 1.35. The number of nitrogens with zero attached hydrogens (tertiary/aromatic N) is 1. The van der Waals surface area contributed by atoms with Crippen LogP contribution in [0.15, 0.2) is 24.4 Å². The van der Waals surface area contributed by atoms with Crippen molar-refractivity contribution in [2.24, 2.45) is 0 Å². The fraction of sp³-hybridized carbons (Fsp3) is 0.357. The van der Waals surface area contributed by atoms with Gasteiger partial charge in [0.25, 0.3) is 0 Å². The van der Waals surface area contributed by atoms with Crippen LogP contribution in [0.4, 0.5) is 4.39 Å². The molecule has 3 nitrogen and oxygen atoms in total. The van der Waals surface area contributed by atoms with Crippen molar-refractivity contribution in [3.8, 4) is 0 Å². The van der Waals surface area contributed by atoms with E-state index in [9.17, 15) is 9.18 Å². The van der Waals surface area contributed by atoms with Crippen LogP contribution in [0, 0.1) is 5.82 Å². The Kier molecular flexibility index (Phi) is 2.67. The summed E-state index contributed by atoms with van der Waals surface area (Å²) in [4.78, 5) is 17.5. The van der Waals surface area contributed by atoms with Crippen molar-refractivity contribution in [3.05, 3.63) is 35.8 Å². The van der Waals surface area contributed by atoms with E-state index >= 15 is 0 Å². The first-order valence-electron chi connectivity index (χ1n) is 6.18. The molecule has 0 spiro atoms. The van der Waals surface area contributed by atoms with Gasteiger partial charge < -0.3 is 4.98 Å². The largest absolute Gasteiger partial charge is 0.360 e. The van der Waals surface area contributed by atoms with Gasteiger partial charge in [-0.2, -0.15) is 0 Å². The van der Waals surface area contributed by atoms with Crippen LogP contribution in [0.3, 0.4) is 0 Å². The van der Waals surface area contributed by atoms with Gasteiger partial charge in [0.15, 0.2) is 5.78 Å². The highest BCUT2D eigenvalue weighted by Crippen LogP contribution is 2.25. The number of H-pyrrole nitrogens is 1. The van der Waals surface area contributed by atoms with Gasteiger partial charge in [0.1, 0.15) is 5.82 Å². The molecule has 4 heteroatoms. The fourth-order valence-corrected chi connectivity index (χ4v) is 2.72. The number of aromatic amines is 1. The summed E-state index contributed by atoms with van der Waals surface area (Å²) in [6.07, 6.45) is 3.66. The monoisotopic (exact) mass is 246 g/mol. The molecule has 1 fully saturated rings. The lowest BCUT2D eigenvalue weighted by molar-refractivity contribution is 0.0892. The molecule has 0 amide bonds. The van der Waals surface area contributed by atoms with Gasteiger partial charge in [0.2, 0.25) is 0 Å². The van der Waals surface area contributed by atoms with Crippen LogP contribution < -0.4 is 0 Å². The quantitative estimate of drug-likeness (QED) is 0.827. The Morgan fingerprint density at radius 2 is 2.33 bits per heavy atom. The number of carbonyl (C=O) groups excluding carboxylic acids is 1. The zero-order chi connectivity index (χ0) is 12.7. The maximum Gasteiger partial charge on any atom is 0.182 e. The third kappa shape index (κ3) is 1.73. The average molecular weight is 246 g/mol. The molecule has 1 aliphatic heterocycles. The van der Waals surface area contributed by atoms with Crippen LogP contribution in [0.1, 0.15) is 23.2 Å².